The average Bonchev–Trinajstić information content (AvgIpc) is 2.40. The van der Waals surface area contributed by atoms with Gasteiger partial charge < -0.3 is 5.73 Å². The first kappa shape index (κ1) is 11.5. The van der Waals surface area contributed by atoms with Crippen LogP contribution in [0.2, 0.25) is 0 Å². The molecule has 0 spiro atoms. The molecule has 2 rings (SSSR count). The van der Waals surface area contributed by atoms with E-state index in [0.29, 0.717) is 5.92 Å². The maximum absolute atomic E-state index is 6.09. The van der Waals surface area contributed by atoms with Crippen LogP contribution in [-0.2, 0) is 0 Å². The van der Waals surface area contributed by atoms with Gasteiger partial charge in [0.2, 0.25) is 0 Å². The molecule has 0 amide bonds. The Morgan fingerprint density at radius 2 is 1.47 bits per heavy atom. The molecule has 0 bridgehead atoms. The van der Waals surface area contributed by atoms with Crippen molar-refractivity contribution in [2.75, 3.05) is 0 Å². The van der Waals surface area contributed by atoms with E-state index in [1.807, 2.05) is 36.4 Å². The van der Waals surface area contributed by atoms with Crippen LogP contribution in [0.1, 0.15) is 24.0 Å². The maximum Gasteiger partial charge on any atom is 0.0353 e. The second kappa shape index (κ2) is 5.35. The number of hydrogen-bond acceptors (Lipinski definition) is 1. The molecule has 86 valence electrons. The third kappa shape index (κ3) is 2.97. The van der Waals surface area contributed by atoms with Gasteiger partial charge in [-0.1, -0.05) is 73.7 Å². The summed E-state index contributed by atoms with van der Waals surface area (Å²) in [5.74, 6) is 0.330. The Bertz CT molecular complexity index is 485. The van der Waals surface area contributed by atoms with Crippen LogP contribution in [0.4, 0.5) is 0 Å². The predicted octanol–water partition coefficient (Wildman–Crippen LogP) is 3.79. The van der Waals surface area contributed by atoms with Gasteiger partial charge in [-0.05, 0) is 11.1 Å². The highest BCUT2D eigenvalue weighted by atomic mass is 14.6. The van der Waals surface area contributed by atoms with E-state index in [2.05, 4.69) is 37.3 Å². The highest BCUT2D eigenvalue weighted by Crippen LogP contribution is 2.19. The summed E-state index contributed by atoms with van der Waals surface area (Å²) in [6, 6.07) is 20.5. The average molecular weight is 223 g/mol. The van der Waals surface area contributed by atoms with Gasteiger partial charge in [0, 0.05) is 11.6 Å². The summed E-state index contributed by atoms with van der Waals surface area (Å²) >= 11 is 0. The zero-order valence-electron chi connectivity index (χ0n) is 10.0. The Morgan fingerprint density at radius 1 is 0.941 bits per heavy atom. The molecule has 0 heterocycles. The van der Waals surface area contributed by atoms with Crippen LogP contribution in [0.15, 0.2) is 66.7 Å². The van der Waals surface area contributed by atoms with E-state index in [0.717, 1.165) is 11.3 Å². The molecule has 1 heteroatoms. The molecular weight excluding hydrogens is 206 g/mol. The van der Waals surface area contributed by atoms with Gasteiger partial charge in [-0.15, -0.1) is 0 Å². The standard InChI is InChI=1S/C16H17N/c1-13(14-8-4-2-5-9-14)12-16(17)15-10-6-3-7-11-15/h2-13H,17H2,1H3/b16-12-. The van der Waals surface area contributed by atoms with Crippen LogP contribution in [0.3, 0.4) is 0 Å². The summed E-state index contributed by atoms with van der Waals surface area (Å²) in [4.78, 5) is 0. The minimum atomic E-state index is 0.330. The van der Waals surface area contributed by atoms with E-state index in [1.54, 1.807) is 0 Å². The normalized spacial score (nSPS) is 13.4. The largest absolute Gasteiger partial charge is 0.398 e. The molecule has 0 saturated heterocycles. The van der Waals surface area contributed by atoms with Crippen molar-refractivity contribution in [3.63, 3.8) is 0 Å². The molecule has 1 unspecified atom stereocenters. The summed E-state index contributed by atoms with van der Waals surface area (Å²) in [5.41, 5.74) is 9.29. The monoisotopic (exact) mass is 223 g/mol. The lowest BCUT2D eigenvalue weighted by Crippen LogP contribution is -1.99. The molecule has 17 heavy (non-hydrogen) atoms. The smallest absolute Gasteiger partial charge is 0.0353 e. The minimum Gasteiger partial charge on any atom is -0.398 e. The van der Waals surface area contributed by atoms with Crippen molar-refractivity contribution in [3.05, 3.63) is 77.9 Å². The second-order valence-electron chi connectivity index (χ2n) is 4.19. The molecule has 2 aromatic rings. The minimum absolute atomic E-state index is 0.330. The molecule has 0 aromatic heterocycles. The van der Waals surface area contributed by atoms with Crippen LogP contribution < -0.4 is 5.73 Å². The lowest BCUT2D eigenvalue weighted by atomic mass is 9.98. The number of hydrogen-bond donors (Lipinski definition) is 1. The lowest BCUT2D eigenvalue weighted by molar-refractivity contribution is 0.967. The first-order valence-electron chi connectivity index (χ1n) is 5.85. The SMILES string of the molecule is CC(/C=C(\N)c1ccccc1)c1ccccc1. The third-order valence-electron chi connectivity index (χ3n) is 2.86. The molecule has 0 fully saturated rings. The first-order valence-corrected chi connectivity index (χ1v) is 5.85. The number of nitrogens with two attached hydrogens (primary N) is 1. The topological polar surface area (TPSA) is 26.0 Å². The molecule has 0 radical (unpaired) electrons. The molecule has 1 nitrogen and oxygen atoms in total. The first-order chi connectivity index (χ1) is 8.27. The van der Waals surface area contributed by atoms with Crippen molar-refractivity contribution >= 4 is 5.70 Å². The molecule has 0 aliphatic rings. The quantitative estimate of drug-likeness (QED) is 0.841. The van der Waals surface area contributed by atoms with Gasteiger partial charge in [-0.3, -0.25) is 0 Å². The number of benzene rings is 2. The van der Waals surface area contributed by atoms with Crippen molar-refractivity contribution < 1.29 is 0 Å². The van der Waals surface area contributed by atoms with Gasteiger partial charge in [-0.25, -0.2) is 0 Å². The van der Waals surface area contributed by atoms with Gasteiger partial charge >= 0.3 is 0 Å². The summed E-state index contributed by atoms with van der Waals surface area (Å²) in [6.45, 7) is 2.16. The van der Waals surface area contributed by atoms with Crippen molar-refractivity contribution in [2.45, 2.75) is 12.8 Å². The highest BCUT2D eigenvalue weighted by molar-refractivity contribution is 5.63. The van der Waals surface area contributed by atoms with Gasteiger partial charge in [0.25, 0.3) is 0 Å². The van der Waals surface area contributed by atoms with E-state index in [1.165, 1.54) is 5.56 Å². The molecule has 1 atom stereocenters. The summed E-state index contributed by atoms with van der Waals surface area (Å²) in [6.07, 6.45) is 2.10. The second-order valence-corrected chi connectivity index (χ2v) is 4.19. The van der Waals surface area contributed by atoms with Gasteiger partial charge in [0.15, 0.2) is 0 Å². The Kier molecular flexibility index (Phi) is 3.61. The van der Waals surface area contributed by atoms with Crippen LogP contribution in [0, 0.1) is 0 Å². The van der Waals surface area contributed by atoms with Gasteiger partial charge in [0.05, 0.1) is 0 Å². The fraction of sp³-hybridized carbons (Fsp3) is 0.125. The Hall–Kier alpha value is -2.02. The van der Waals surface area contributed by atoms with E-state index in [-0.39, 0.29) is 0 Å². The molecule has 2 N–H and O–H groups in total. The van der Waals surface area contributed by atoms with Crippen molar-refractivity contribution in [1.82, 2.24) is 0 Å². The van der Waals surface area contributed by atoms with Crippen molar-refractivity contribution in [2.24, 2.45) is 5.73 Å². The molecule has 0 aliphatic heterocycles. The summed E-state index contributed by atoms with van der Waals surface area (Å²) in [5, 5.41) is 0. The van der Waals surface area contributed by atoms with E-state index >= 15 is 0 Å². The third-order valence-corrected chi connectivity index (χ3v) is 2.86. The van der Waals surface area contributed by atoms with Gasteiger partial charge in [-0.2, -0.15) is 0 Å². The zero-order chi connectivity index (χ0) is 12.1. The Balaban J connectivity index is 2.20. The van der Waals surface area contributed by atoms with Crippen LogP contribution >= 0.6 is 0 Å². The summed E-state index contributed by atoms with van der Waals surface area (Å²) < 4.78 is 0. The lowest BCUT2D eigenvalue weighted by Gasteiger charge is -2.09. The number of allylic oxidation sites excluding steroid dienone is 1. The Morgan fingerprint density at radius 3 is 2.06 bits per heavy atom. The van der Waals surface area contributed by atoms with E-state index in [4.69, 9.17) is 5.73 Å². The van der Waals surface area contributed by atoms with E-state index in [9.17, 15) is 0 Å². The molecule has 2 aromatic carbocycles. The fourth-order valence-corrected chi connectivity index (χ4v) is 1.85. The van der Waals surface area contributed by atoms with Gasteiger partial charge in [0.1, 0.15) is 0 Å². The Labute approximate surface area is 103 Å². The van der Waals surface area contributed by atoms with Crippen molar-refractivity contribution in [1.29, 1.82) is 0 Å². The van der Waals surface area contributed by atoms with Crippen LogP contribution in [0.5, 0.6) is 0 Å². The van der Waals surface area contributed by atoms with Crippen molar-refractivity contribution in [3.8, 4) is 0 Å². The predicted molar refractivity (Wildman–Crippen MR) is 73.5 cm³/mol. The van der Waals surface area contributed by atoms with Crippen LogP contribution in [-0.4, -0.2) is 0 Å². The van der Waals surface area contributed by atoms with E-state index < -0.39 is 0 Å². The zero-order valence-corrected chi connectivity index (χ0v) is 10.0. The summed E-state index contributed by atoms with van der Waals surface area (Å²) in [7, 11) is 0. The molecular formula is C16H17N. The molecule has 0 aliphatic carbocycles. The fourth-order valence-electron chi connectivity index (χ4n) is 1.85. The highest BCUT2D eigenvalue weighted by Gasteiger charge is 2.03. The van der Waals surface area contributed by atoms with Crippen LogP contribution in [0.25, 0.3) is 5.70 Å². The molecule has 0 saturated carbocycles. The number of rotatable bonds is 3. The maximum atomic E-state index is 6.09.